The van der Waals surface area contributed by atoms with Gasteiger partial charge in [-0.2, -0.15) is 0 Å². The minimum atomic E-state index is -0.0798. The average Bonchev–Trinajstić information content (AvgIpc) is 3.20. The van der Waals surface area contributed by atoms with E-state index in [0.717, 1.165) is 29.1 Å². The van der Waals surface area contributed by atoms with Crippen LogP contribution in [0.5, 0.6) is 0 Å². The summed E-state index contributed by atoms with van der Waals surface area (Å²) in [7, 11) is 1.91. The molecule has 3 aromatic rings. The number of hydrogen-bond donors (Lipinski definition) is 0. The summed E-state index contributed by atoms with van der Waals surface area (Å²) >= 11 is 1.61. The quantitative estimate of drug-likeness (QED) is 0.560. The Morgan fingerprint density at radius 2 is 1.93 bits per heavy atom. The standard InChI is InChI=1S/C23H28N4OS/c1-17-16-29-23(26(17)15-14-19-10-6-4-7-11-19)24-21-18(2)25(3)27(22(21)28)20-12-8-5-9-13-20/h5,8-10,12-13,16H,4,6-7,11,14-15H2,1-3H3. The molecule has 2 heterocycles. The Labute approximate surface area is 175 Å². The fourth-order valence-corrected chi connectivity index (χ4v) is 4.85. The molecule has 0 radical (unpaired) electrons. The number of nitrogens with zero attached hydrogens (tertiary/aromatic N) is 4. The highest BCUT2D eigenvalue weighted by molar-refractivity contribution is 7.07. The van der Waals surface area contributed by atoms with E-state index in [1.54, 1.807) is 21.6 Å². The Hall–Kier alpha value is -2.60. The van der Waals surface area contributed by atoms with Gasteiger partial charge in [0, 0.05) is 24.7 Å². The number of hydrogen-bond acceptors (Lipinski definition) is 3. The number of rotatable bonds is 5. The number of aryl methyl sites for hydroxylation is 1. The first-order valence-electron chi connectivity index (χ1n) is 10.3. The van der Waals surface area contributed by atoms with Gasteiger partial charge in [0.2, 0.25) is 0 Å². The fourth-order valence-electron chi connectivity index (χ4n) is 3.94. The number of aromatic nitrogens is 3. The van der Waals surface area contributed by atoms with E-state index in [1.165, 1.54) is 31.4 Å². The molecule has 1 aliphatic carbocycles. The average molecular weight is 409 g/mol. The first kappa shape index (κ1) is 19.7. The third-order valence-electron chi connectivity index (χ3n) is 5.76. The van der Waals surface area contributed by atoms with Crippen molar-refractivity contribution >= 4 is 17.0 Å². The predicted molar refractivity (Wildman–Crippen MR) is 119 cm³/mol. The van der Waals surface area contributed by atoms with E-state index in [1.807, 2.05) is 49.0 Å². The second kappa shape index (κ2) is 8.41. The number of allylic oxidation sites excluding steroid dienone is 2. The van der Waals surface area contributed by atoms with Gasteiger partial charge in [-0.25, -0.2) is 9.67 Å². The van der Waals surface area contributed by atoms with Gasteiger partial charge in [-0.15, -0.1) is 11.3 Å². The minimum Gasteiger partial charge on any atom is -0.321 e. The number of thiazole rings is 1. The van der Waals surface area contributed by atoms with Gasteiger partial charge in [0.25, 0.3) is 5.56 Å². The summed E-state index contributed by atoms with van der Waals surface area (Å²) in [5.41, 5.74) is 4.91. The molecular weight excluding hydrogens is 380 g/mol. The fraction of sp³-hybridized carbons (Fsp3) is 0.391. The van der Waals surface area contributed by atoms with Crippen molar-refractivity contribution in [1.82, 2.24) is 13.9 Å². The van der Waals surface area contributed by atoms with Crippen LogP contribution in [0.4, 0.5) is 5.69 Å². The topological polar surface area (TPSA) is 44.2 Å². The predicted octanol–water partition coefficient (Wildman–Crippen LogP) is 4.78. The molecule has 4 rings (SSSR count). The van der Waals surface area contributed by atoms with Crippen LogP contribution in [-0.4, -0.2) is 13.9 Å². The number of para-hydroxylation sites is 1. The van der Waals surface area contributed by atoms with Gasteiger partial charge in [-0.05, 0) is 58.1 Å². The van der Waals surface area contributed by atoms with Gasteiger partial charge in [0.15, 0.2) is 10.5 Å². The Morgan fingerprint density at radius 1 is 1.14 bits per heavy atom. The molecule has 0 unspecified atom stereocenters. The molecule has 2 aromatic heterocycles. The summed E-state index contributed by atoms with van der Waals surface area (Å²) in [6.45, 7) is 4.99. The lowest BCUT2D eigenvalue weighted by Gasteiger charge is -2.13. The summed E-state index contributed by atoms with van der Waals surface area (Å²) in [5.74, 6) is 0. The van der Waals surface area contributed by atoms with Crippen molar-refractivity contribution in [3.63, 3.8) is 0 Å². The molecule has 0 saturated heterocycles. The zero-order valence-electron chi connectivity index (χ0n) is 17.4. The largest absolute Gasteiger partial charge is 0.321 e. The molecule has 1 aliphatic rings. The zero-order chi connectivity index (χ0) is 20.4. The first-order valence-corrected chi connectivity index (χ1v) is 11.2. The second-order valence-electron chi connectivity index (χ2n) is 7.69. The second-order valence-corrected chi connectivity index (χ2v) is 8.53. The molecule has 0 atom stereocenters. The minimum absolute atomic E-state index is 0.0798. The van der Waals surface area contributed by atoms with Crippen molar-refractivity contribution < 1.29 is 0 Å². The maximum Gasteiger partial charge on any atom is 0.297 e. The molecule has 0 N–H and O–H groups in total. The van der Waals surface area contributed by atoms with Crippen LogP contribution < -0.4 is 10.4 Å². The van der Waals surface area contributed by atoms with Crippen LogP contribution in [0, 0.1) is 13.8 Å². The highest BCUT2D eigenvalue weighted by Crippen LogP contribution is 2.21. The Balaban J connectivity index is 1.72. The van der Waals surface area contributed by atoms with Crippen LogP contribution in [0.1, 0.15) is 43.5 Å². The van der Waals surface area contributed by atoms with E-state index in [-0.39, 0.29) is 5.56 Å². The maximum atomic E-state index is 13.2. The van der Waals surface area contributed by atoms with Gasteiger partial charge in [-0.1, -0.05) is 29.8 Å². The van der Waals surface area contributed by atoms with E-state index in [4.69, 9.17) is 4.99 Å². The van der Waals surface area contributed by atoms with Crippen LogP contribution in [0.15, 0.2) is 57.1 Å². The molecule has 0 aliphatic heterocycles. The Morgan fingerprint density at radius 3 is 2.66 bits per heavy atom. The monoisotopic (exact) mass is 408 g/mol. The zero-order valence-corrected chi connectivity index (χ0v) is 18.2. The van der Waals surface area contributed by atoms with Gasteiger partial charge < -0.3 is 4.57 Å². The van der Waals surface area contributed by atoms with Gasteiger partial charge in [-0.3, -0.25) is 9.48 Å². The molecule has 0 spiro atoms. The lowest BCUT2D eigenvalue weighted by atomic mass is 9.97. The third-order valence-corrected chi connectivity index (χ3v) is 6.75. The SMILES string of the molecule is Cc1csc(=Nc2c(C)n(C)n(-c3ccccc3)c2=O)n1CCC1=CCCCC1. The van der Waals surface area contributed by atoms with Crippen molar-refractivity contribution in [2.45, 2.75) is 52.5 Å². The first-order chi connectivity index (χ1) is 14.1. The summed E-state index contributed by atoms with van der Waals surface area (Å²) in [6.07, 6.45) is 8.52. The van der Waals surface area contributed by atoms with E-state index in [2.05, 4.69) is 22.9 Å². The highest BCUT2D eigenvalue weighted by Gasteiger charge is 2.16. The van der Waals surface area contributed by atoms with Crippen LogP contribution in [-0.2, 0) is 13.6 Å². The highest BCUT2D eigenvalue weighted by atomic mass is 32.1. The normalized spacial score (nSPS) is 15.0. The van der Waals surface area contributed by atoms with Crippen LogP contribution >= 0.6 is 11.3 Å². The Kier molecular flexibility index (Phi) is 5.72. The molecule has 0 amide bonds. The van der Waals surface area contributed by atoms with E-state index in [0.29, 0.717) is 5.69 Å². The van der Waals surface area contributed by atoms with E-state index >= 15 is 0 Å². The van der Waals surface area contributed by atoms with Crippen molar-refractivity contribution in [3.8, 4) is 5.69 Å². The molecule has 5 nitrogen and oxygen atoms in total. The van der Waals surface area contributed by atoms with Crippen LogP contribution in [0.2, 0.25) is 0 Å². The molecule has 6 heteroatoms. The number of benzene rings is 1. The van der Waals surface area contributed by atoms with Gasteiger partial charge >= 0.3 is 0 Å². The summed E-state index contributed by atoms with van der Waals surface area (Å²) in [6, 6.07) is 9.72. The van der Waals surface area contributed by atoms with Crippen molar-refractivity contribution in [2.24, 2.45) is 12.0 Å². The van der Waals surface area contributed by atoms with E-state index in [9.17, 15) is 4.79 Å². The van der Waals surface area contributed by atoms with Crippen molar-refractivity contribution in [2.75, 3.05) is 0 Å². The summed E-state index contributed by atoms with van der Waals surface area (Å²) in [4.78, 5) is 18.9. The van der Waals surface area contributed by atoms with Crippen molar-refractivity contribution in [3.05, 3.63) is 73.9 Å². The molecule has 1 aromatic carbocycles. The molecule has 0 saturated carbocycles. The summed E-state index contributed by atoms with van der Waals surface area (Å²) < 4.78 is 5.82. The molecule has 0 bridgehead atoms. The Bertz CT molecular complexity index is 1160. The maximum absolute atomic E-state index is 13.2. The molecule has 29 heavy (non-hydrogen) atoms. The van der Waals surface area contributed by atoms with Gasteiger partial charge in [0.1, 0.15) is 0 Å². The molecule has 152 valence electrons. The van der Waals surface area contributed by atoms with E-state index < -0.39 is 0 Å². The lowest BCUT2D eigenvalue weighted by molar-refractivity contribution is 0.608. The van der Waals surface area contributed by atoms with Gasteiger partial charge in [0.05, 0.1) is 11.4 Å². The molecule has 0 fully saturated rings. The van der Waals surface area contributed by atoms with Crippen molar-refractivity contribution in [1.29, 1.82) is 0 Å². The summed E-state index contributed by atoms with van der Waals surface area (Å²) in [5, 5.41) is 2.13. The molecular formula is C23H28N4OS. The van der Waals surface area contributed by atoms with Crippen LogP contribution in [0.3, 0.4) is 0 Å². The smallest absolute Gasteiger partial charge is 0.297 e. The lowest BCUT2D eigenvalue weighted by Crippen LogP contribution is -2.20. The third kappa shape index (κ3) is 3.94. The van der Waals surface area contributed by atoms with Crippen LogP contribution in [0.25, 0.3) is 5.69 Å².